The largest absolute Gasteiger partial charge is 0.478 e. The zero-order chi connectivity index (χ0) is 12.0. The van der Waals surface area contributed by atoms with Crippen molar-refractivity contribution in [2.75, 3.05) is 6.61 Å². The fraction of sp³-hybridized carbons (Fsp3) is 0.250. The summed E-state index contributed by atoms with van der Waals surface area (Å²) in [6.45, 7) is 2.33. The number of benzene rings is 1. The van der Waals surface area contributed by atoms with E-state index in [1.807, 2.05) is 24.3 Å². The Balaban J connectivity index is 2.36. The summed E-state index contributed by atoms with van der Waals surface area (Å²) in [5.41, 5.74) is 1.35. The third-order valence-corrected chi connectivity index (χ3v) is 2.50. The normalized spacial score (nSPS) is 11.5. The molecule has 16 heavy (non-hydrogen) atoms. The van der Waals surface area contributed by atoms with Gasteiger partial charge in [-0.2, -0.15) is 0 Å². The number of halogens is 1. The highest BCUT2D eigenvalue weighted by molar-refractivity contribution is 9.10. The molecule has 0 aliphatic rings. The molecule has 0 saturated heterocycles. The monoisotopic (exact) mass is 284 g/mol. The minimum Gasteiger partial charge on any atom is -0.478 e. The van der Waals surface area contributed by atoms with E-state index in [0.29, 0.717) is 18.8 Å². The Hall–Kier alpha value is -1.13. The van der Waals surface area contributed by atoms with Crippen molar-refractivity contribution in [1.29, 1.82) is 0 Å². The average Bonchev–Trinajstić information content (AvgIpc) is 2.24. The van der Waals surface area contributed by atoms with Gasteiger partial charge >= 0.3 is 5.97 Å². The Morgan fingerprint density at radius 3 is 2.94 bits per heavy atom. The molecule has 1 rings (SSSR count). The molecule has 1 N–H and O–H groups in total. The van der Waals surface area contributed by atoms with Crippen molar-refractivity contribution in [2.24, 2.45) is 0 Å². The van der Waals surface area contributed by atoms with E-state index in [2.05, 4.69) is 15.9 Å². The topological polar surface area (TPSA) is 46.5 Å². The van der Waals surface area contributed by atoms with Crippen LogP contribution in [0.3, 0.4) is 0 Å². The molecule has 0 unspecified atom stereocenters. The summed E-state index contributed by atoms with van der Waals surface area (Å²) in [5.74, 6) is -0.911. The summed E-state index contributed by atoms with van der Waals surface area (Å²) in [6.07, 6.45) is 1.56. The van der Waals surface area contributed by atoms with Gasteiger partial charge in [-0.25, -0.2) is 4.79 Å². The van der Waals surface area contributed by atoms with Crippen molar-refractivity contribution in [1.82, 2.24) is 0 Å². The third kappa shape index (κ3) is 4.59. The number of aliphatic carboxylic acids is 1. The molecule has 0 saturated carbocycles. The minimum absolute atomic E-state index is 0.300. The third-order valence-electron chi connectivity index (χ3n) is 2.00. The van der Waals surface area contributed by atoms with Gasteiger partial charge in [0.15, 0.2) is 0 Å². The summed E-state index contributed by atoms with van der Waals surface area (Å²) in [7, 11) is 0. The SMILES string of the molecule is C/C(=C/COCc1cccc(Br)c1)C(=O)O. The van der Waals surface area contributed by atoms with Crippen LogP contribution in [0.25, 0.3) is 0 Å². The predicted molar refractivity (Wildman–Crippen MR) is 65.2 cm³/mol. The van der Waals surface area contributed by atoms with Crippen LogP contribution in [0, 0.1) is 0 Å². The quantitative estimate of drug-likeness (QED) is 0.668. The second-order valence-electron chi connectivity index (χ2n) is 3.34. The molecule has 1 aromatic rings. The zero-order valence-electron chi connectivity index (χ0n) is 8.94. The van der Waals surface area contributed by atoms with Crippen LogP contribution in [0.4, 0.5) is 0 Å². The first-order valence-corrected chi connectivity index (χ1v) is 5.61. The Morgan fingerprint density at radius 1 is 1.56 bits per heavy atom. The highest BCUT2D eigenvalue weighted by Crippen LogP contribution is 2.12. The van der Waals surface area contributed by atoms with Crippen molar-refractivity contribution >= 4 is 21.9 Å². The zero-order valence-corrected chi connectivity index (χ0v) is 10.5. The Kier molecular flexibility index (Phi) is 5.22. The number of rotatable bonds is 5. The van der Waals surface area contributed by atoms with Gasteiger partial charge in [-0.3, -0.25) is 0 Å². The van der Waals surface area contributed by atoms with Crippen LogP contribution in [0.1, 0.15) is 12.5 Å². The van der Waals surface area contributed by atoms with E-state index in [9.17, 15) is 4.79 Å². The molecule has 3 nitrogen and oxygen atoms in total. The van der Waals surface area contributed by atoms with Crippen LogP contribution < -0.4 is 0 Å². The second kappa shape index (κ2) is 6.45. The minimum atomic E-state index is -0.911. The van der Waals surface area contributed by atoms with Crippen LogP contribution in [0.2, 0.25) is 0 Å². The lowest BCUT2D eigenvalue weighted by atomic mass is 10.2. The molecule has 0 fully saturated rings. The van der Waals surface area contributed by atoms with E-state index < -0.39 is 5.97 Å². The van der Waals surface area contributed by atoms with E-state index in [-0.39, 0.29) is 0 Å². The van der Waals surface area contributed by atoms with Gasteiger partial charge in [-0.05, 0) is 30.7 Å². The van der Waals surface area contributed by atoms with Crippen LogP contribution in [0.5, 0.6) is 0 Å². The van der Waals surface area contributed by atoms with Gasteiger partial charge in [0.05, 0.1) is 13.2 Å². The number of hydrogen-bond acceptors (Lipinski definition) is 2. The summed E-state index contributed by atoms with van der Waals surface area (Å²) in [5, 5.41) is 8.60. The van der Waals surface area contributed by atoms with E-state index in [0.717, 1.165) is 10.0 Å². The number of hydrogen-bond donors (Lipinski definition) is 1. The lowest BCUT2D eigenvalue weighted by Gasteiger charge is -2.02. The lowest BCUT2D eigenvalue weighted by Crippen LogP contribution is -1.99. The molecule has 0 radical (unpaired) electrons. The average molecular weight is 285 g/mol. The molecule has 0 atom stereocenters. The maximum absolute atomic E-state index is 10.5. The molecule has 0 aliphatic heterocycles. The number of carboxylic acids is 1. The lowest BCUT2D eigenvalue weighted by molar-refractivity contribution is -0.132. The van der Waals surface area contributed by atoms with Crippen LogP contribution in [-0.4, -0.2) is 17.7 Å². The highest BCUT2D eigenvalue weighted by atomic mass is 79.9. The second-order valence-corrected chi connectivity index (χ2v) is 4.25. The molecular formula is C12H13BrO3. The molecule has 86 valence electrons. The Bertz CT molecular complexity index is 399. The first-order valence-electron chi connectivity index (χ1n) is 4.82. The Morgan fingerprint density at radius 2 is 2.31 bits per heavy atom. The first-order chi connectivity index (χ1) is 7.59. The molecular weight excluding hydrogens is 272 g/mol. The van der Waals surface area contributed by atoms with E-state index in [1.165, 1.54) is 0 Å². The maximum Gasteiger partial charge on any atom is 0.331 e. The molecule has 0 bridgehead atoms. The van der Waals surface area contributed by atoms with E-state index >= 15 is 0 Å². The Labute approximate surface area is 103 Å². The van der Waals surface area contributed by atoms with Crippen molar-refractivity contribution in [3.05, 3.63) is 46.0 Å². The number of ether oxygens (including phenoxy) is 1. The van der Waals surface area contributed by atoms with Crippen molar-refractivity contribution in [3.8, 4) is 0 Å². The van der Waals surface area contributed by atoms with Crippen molar-refractivity contribution in [2.45, 2.75) is 13.5 Å². The molecule has 4 heteroatoms. The standard InChI is InChI=1S/C12H13BrO3/c1-9(12(14)15)5-6-16-8-10-3-2-4-11(13)7-10/h2-5,7H,6,8H2,1H3,(H,14,15)/b9-5-. The van der Waals surface area contributed by atoms with Gasteiger partial charge in [-0.15, -0.1) is 0 Å². The van der Waals surface area contributed by atoms with E-state index in [1.54, 1.807) is 13.0 Å². The summed E-state index contributed by atoms with van der Waals surface area (Å²) >= 11 is 3.37. The van der Waals surface area contributed by atoms with Crippen LogP contribution >= 0.6 is 15.9 Å². The molecule has 0 aromatic heterocycles. The fourth-order valence-corrected chi connectivity index (χ4v) is 1.52. The molecule has 0 aliphatic carbocycles. The van der Waals surface area contributed by atoms with Crippen molar-refractivity contribution in [3.63, 3.8) is 0 Å². The fourth-order valence-electron chi connectivity index (χ4n) is 1.07. The van der Waals surface area contributed by atoms with Gasteiger partial charge in [0.1, 0.15) is 0 Å². The van der Waals surface area contributed by atoms with Crippen molar-refractivity contribution < 1.29 is 14.6 Å². The van der Waals surface area contributed by atoms with E-state index in [4.69, 9.17) is 9.84 Å². The van der Waals surface area contributed by atoms with Gasteiger partial charge in [0, 0.05) is 10.0 Å². The van der Waals surface area contributed by atoms with Gasteiger partial charge in [0.2, 0.25) is 0 Å². The highest BCUT2D eigenvalue weighted by Gasteiger charge is 1.98. The predicted octanol–water partition coefficient (Wildman–Crippen LogP) is 3.00. The smallest absolute Gasteiger partial charge is 0.331 e. The van der Waals surface area contributed by atoms with Gasteiger partial charge in [-0.1, -0.05) is 28.1 Å². The summed E-state index contributed by atoms with van der Waals surface area (Å²) in [6, 6.07) is 7.80. The molecule has 0 amide bonds. The van der Waals surface area contributed by atoms with Gasteiger partial charge < -0.3 is 9.84 Å². The van der Waals surface area contributed by atoms with Crippen LogP contribution in [0.15, 0.2) is 40.4 Å². The molecule has 0 spiro atoms. The maximum atomic E-state index is 10.5. The molecule has 0 heterocycles. The number of carboxylic acid groups (broad SMARTS) is 1. The summed E-state index contributed by atoms with van der Waals surface area (Å²) < 4.78 is 6.34. The number of carbonyl (C=O) groups is 1. The summed E-state index contributed by atoms with van der Waals surface area (Å²) in [4.78, 5) is 10.5. The van der Waals surface area contributed by atoms with Crippen LogP contribution in [-0.2, 0) is 16.1 Å². The van der Waals surface area contributed by atoms with Gasteiger partial charge in [0.25, 0.3) is 0 Å². The molecule has 1 aromatic carbocycles. The first kappa shape index (κ1) is 12.9.